The molecule has 2 N–H and O–H groups in total. The third-order valence-corrected chi connectivity index (χ3v) is 2.49. The second-order valence-electron chi connectivity index (χ2n) is 2.52. The highest BCUT2D eigenvalue weighted by atomic mass is 32.2. The molecule has 0 aliphatic carbocycles. The largest absolute Gasteiger partial charge is 0.508 e. The Morgan fingerprint density at radius 3 is 1.44 bits per heavy atom. The minimum absolute atomic E-state index is 0.621. The smallest absolute Gasteiger partial charge is 0.433 e. The van der Waals surface area contributed by atoms with Gasteiger partial charge < -0.3 is 9.47 Å². The maximum atomic E-state index is 10.6. The van der Waals surface area contributed by atoms with Crippen LogP contribution >= 0.6 is 0 Å². The summed E-state index contributed by atoms with van der Waals surface area (Å²) in [4.78, 5) is 10.6. The third-order valence-electron chi connectivity index (χ3n) is 1.12. The minimum Gasteiger partial charge on any atom is -0.433 e. The van der Waals surface area contributed by atoms with Gasteiger partial charge in [0.15, 0.2) is 0 Å². The van der Waals surface area contributed by atoms with Gasteiger partial charge in [0.1, 0.15) is 24.7 Å². The third kappa shape index (κ3) is 11.2. The maximum Gasteiger partial charge on any atom is 0.508 e. The Hall–Kier alpha value is -0.910. The van der Waals surface area contributed by atoms with E-state index in [1.54, 1.807) is 0 Å². The van der Waals surface area contributed by atoms with Crippen molar-refractivity contribution in [3.63, 3.8) is 0 Å². The van der Waals surface area contributed by atoms with Crippen molar-refractivity contribution in [3.8, 4) is 0 Å². The van der Waals surface area contributed by atoms with E-state index in [2.05, 4.69) is 9.47 Å². The lowest BCUT2D eigenvalue weighted by atomic mass is 10.8. The van der Waals surface area contributed by atoms with E-state index in [9.17, 15) is 21.6 Å². The fraction of sp³-hybridized carbons (Fsp3) is 0.800. The molecule has 0 rings (SSSR count). The van der Waals surface area contributed by atoms with Crippen LogP contribution in [0.25, 0.3) is 0 Å². The van der Waals surface area contributed by atoms with Gasteiger partial charge in [-0.3, -0.25) is 9.11 Å². The molecular formula is C5H10O9S2. The van der Waals surface area contributed by atoms with Gasteiger partial charge in [0.25, 0.3) is 20.2 Å². The Balaban J connectivity index is 3.69. The van der Waals surface area contributed by atoms with Gasteiger partial charge in [-0.05, 0) is 0 Å². The molecule has 0 aromatic rings. The summed E-state index contributed by atoms with van der Waals surface area (Å²) in [7, 11) is -8.46. The molecule has 0 heterocycles. The molecule has 0 unspecified atom stereocenters. The van der Waals surface area contributed by atoms with Crippen LogP contribution in [0.15, 0.2) is 0 Å². The molecule has 0 aromatic carbocycles. The lowest BCUT2D eigenvalue weighted by molar-refractivity contribution is 0.0637. The van der Waals surface area contributed by atoms with Crippen LogP contribution < -0.4 is 0 Å². The number of ether oxygens (including phenoxy) is 2. The summed E-state index contributed by atoms with van der Waals surface area (Å²) < 4.78 is 65.5. The average Bonchev–Trinajstić information content (AvgIpc) is 1.98. The molecule has 0 aliphatic heterocycles. The maximum absolute atomic E-state index is 10.6. The second kappa shape index (κ2) is 5.98. The predicted octanol–water partition coefficient (Wildman–Crippen LogP) is -1.08. The van der Waals surface area contributed by atoms with Crippen LogP contribution in [-0.2, 0) is 29.7 Å². The summed E-state index contributed by atoms with van der Waals surface area (Å²) in [6.07, 6.45) is -1.30. The van der Waals surface area contributed by atoms with Crippen LogP contribution in [0.5, 0.6) is 0 Å². The van der Waals surface area contributed by atoms with Crippen LogP contribution in [0.3, 0.4) is 0 Å². The minimum atomic E-state index is -4.23. The predicted molar refractivity (Wildman–Crippen MR) is 50.1 cm³/mol. The van der Waals surface area contributed by atoms with Crippen LogP contribution in [0.2, 0.25) is 0 Å². The number of hydrogen-bond acceptors (Lipinski definition) is 7. The zero-order chi connectivity index (χ0) is 12.8. The van der Waals surface area contributed by atoms with Crippen LogP contribution in [-0.4, -0.2) is 56.8 Å². The molecule has 0 atom stereocenters. The van der Waals surface area contributed by atoms with Crippen molar-refractivity contribution in [2.75, 3.05) is 24.7 Å². The summed E-state index contributed by atoms with van der Waals surface area (Å²) in [6, 6.07) is 0. The van der Waals surface area contributed by atoms with Crippen molar-refractivity contribution in [1.82, 2.24) is 0 Å². The van der Waals surface area contributed by atoms with Crippen molar-refractivity contribution in [2.24, 2.45) is 0 Å². The quantitative estimate of drug-likeness (QED) is 0.457. The molecule has 0 aliphatic rings. The summed E-state index contributed by atoms with van der Waals surface area (Å²) in [5.74, 6) is -1.58. The highest BCUT2D eigenvalue weighted by Gasteiger charge is 2.10. The molecule has 96 valence electrons. The van der Waals surface area contributed by atoms with Gasteiger partial charge in [0, 0.05) is 0 Å². The Morgan fingerprint density at radius 1 is 0.875 bits per heavy atom. The number of hydrogen-bond donors (Lipinski definition) is 2. The van der Waals surface area contributed by atoms with Gasteiger partial charge in [-0.25, -0.2) is 4.79 Å². The van der Waals surface area contributed by atoms with Crippen molar-refractivity contribution < 1.29 is 40.2 Å². The molecule has 0 saturated carbocycles. The standard InChI is InChI=1S/C5H10O9S2/c6-5(13-1-3-15(7,8)9)14-2-4-16(10,11)12/h1-4H2,(H,7,8,9)(H,10,11,12). The fourth-order valence-corrected chi connectivity index (χ4v) is 1.09. The molecule has 0 bridgehead atoms. The van der Waals surface area contributed by atoms with Crippen LogP contribution in [0, 0.1) is 0 Å². The first-order valence-electron chi connectivity index (χ1n) is 3.80. The van der Waals surface area contributed by atoms with Gasteiger partial charge in [0.2, 0.25) is 0 Å². The Bertz CT molecular complexity index is 379. The van der Waals surface area contributed by atoms with Crippen LogP contribution in [0.4, 0.5) is 4.79 Å². The zero-order valence-corrected chi connectivity index (χ0v) is 9.53. The highest BCUT2D eigenvalue weighted by Crippen LogP contribution is 1.90. The van der Waals surface area contributed by atoms with E-state index in [0.717, 1.165) is 0 Å². The molecular weight excluding hydrogens is 268 g/mol. The van der Waals surface area contributed by atoms with Crippen molar-refractivity contribution in [2.45, 2.75) is 0 Å². The number of carbonyl (C=O) groups is 1. The van der Waals surface area contributed by atoms with Gasteiger partial charge >= 0.3 is 6.16 Å². The molecule has 0 saturated heterocycles. The Morgan fingerprint density at radius 2 is 1.19 bits per heavy atom. The summed E-state index contributed by atoms with van der Waals surface area (Å²) in [6.45, 7) is -1.24. The summed E-state index contributed by atoms with van der Waals surface area (Å²) in [5.41, 5.74) is 0. The van der Waals surface area contributed by atoms with E-state index in [4.69, 9.17) is 9.11 Å². The summed E-state index contributed by atoms with van der Waals surface area (Å²) >= 11 is 0. The number of carbonyl (C=O) groups excluding carboxylic acids is 1. The van der Waals surface area contributed by atoms with E-state index in [0.29, 0.717) is 0 Å². The SMILES string of the molecule is O=C(OCCS(=O)(=O)O)OCCS(=O)(=O)O. The van der Waals surface area contributed by atoms with Crippen LogP contribution in [0.1, 0.15) is 0 Å². The van der Waals surface area contributed by atoms with Crippen molar-refractivity contribution >= 4 is 26.4 Å². The Kier molecular flexibility index (Phi) is 5.64. The van der Waals surface area contributed by atoms with E-state index < -0.39 is 51.1 Å². The van der Waals surface area contributed by atoms with E-state index in [1.165, 1.54) is 0 Å². The van der Waals surface area contributed by atoms with Gasteiger partial charge in [0.05, 0.1) is 0 Å². The van der Waals surface area contributed by atoms with Crippen molar-refractivity contribution in [3.05, 3.63) is 0 Å². The monoisotopic (exact) mass is 278 g/mol. The lowest BCUT2D eigenvalue weighted by Gasteiger charge is -2.04. The molecule has 16 heavy (non-hydrogen) atoms. The Labute approximate surface area is 91.8 Å². The molecule has 0 radical (unpaired) electrons. The van der Waals surface area contributed by atoms with E-state index in [1.807, 2.05) is 0 Å². The van der Waals surface area contributed by atoms with Gasteiger partial charge in [-0.15, -0.1) is 0 Å². The first-order chi connectivity index (χ1) is 7.10. The fourth-order valence-electron chi connectivity index (χ4n) is 0.502. The second-order valence-corrected chi connectivity index (χ2v) is 5.66. The normalized spacial score (nSPS) is 12.1. The molecule has 9 nitrogen and oxygen atoms in total. The molecule has 11 heteroatoms. The molecule has 0 fully saturated rings. The van der Waals surface area contributed by atoms with Gasteiger partial charge in [-0.1, -0.05) is 0 Å². The first-order valence-corrected chi connectivity index (χ1v) is 7.02. The highest BCUT2D eigenvalue weighted by molar-refractivity contribution is 7.86. The lowest BCUT2D eigenvalue weighted by Crippen LogP contribution is -2.18. The van der Waals surface area contributed by atoms with Crippen molar-refractivity contribution in [1.29, 1.82) is 0 Å². The molecule has 0 aromatic heterocycles. The first kappa shape index (κ1) is 15.1. The average molecular weight is 278 g/mol. The molecule has 0 amide bonds. The van der Waals surface area contributed by atoms with E-state index in [-0.39, 0.29) is 0 Å². The zero-order valence-electron chi connectivity index (χ0n) is 7.90. The topological polar surface area (TPSA) is 144 Å². The van der Waals surface area contributed by atoms with E-state index >= 15 is 0 Å². The molecule has 0 spiro atoms. The number of rotatable bonds is 6. The summed E-state index contributed by atoms with van der Waals surface area (Å²) in [5, 5.41) is 0. The van der Waals surface area contributed by atoms with Gasteiger partial charge in [-0.2, -0.15) is 16.8 Å².